The molecule has 3 aromatic carbocycles. The van der Waals surface area contributed by atoms with Crippen LogP contribution in [0, 0.1) is 11.3 Å². The van der Waals surface area contributed by atoms with Crippen LogP contribution in [0.2, 0.25) is 5.02 Å². The molecule has 0 spiro atoms. The number of halogens is 2. The molecule has 8 heteroatoms. The number of nitriles is 1. The number of fused-ring (bicyclic) bond motifs is 1. The van der Waals surface area contributed by atoms with Crippen LogP contribution in [0.3, 0.4) is 0 Å². The van der Waals surface area contributed by atoms with Crippen molar-refractivity contribution in [2.45, 2.75) is 26.1 Å². The Kier molecular flexibility index (Phi) is 8.45. The summed E-state index contributed by atoms with van der Waals surface area (Å²) in [6.07, 6.45) is 2.62. The van der Waals surface area contributed by atoms with Gasteiger partial charge in [-0.25, -0.2) is 4.99 Å². The third-order valence-corrected chi connectivity index (χ3v) is 8.47. The zero-order valence-electron chi connectivity index (χ0n) is 20.8. The monoisotopic (exact) mass is 605 g/mol. The van der Waals surface area contributed by atoms with Gasteiger partial charge in [0, 0.05) is 41.3 Å². The quantitative estimate of drug-likeness (QED) is 0.191. The van der Waals surface area contributed by atoms with Gasteiger partial charge in [0.15, 0.2) is 11.5 Å². The topological polar surface area (TPSA) is 57.8 Å². The lowest BCUT2D eigenvalue weighted by molar-refractivity contribution is 0.249. The Labute approximate surface area is 240 Å². The Morgan fingerprint density at radius 2 is 1.95 bits per heavy atom. The van der Waals surface area contributed by atoms with E-state index in [2.05, 4.69) is 51.2 Å². The van der Waals surface area contributed by atoms with Gasteiger partial charge in [-0.05, 0) is 57.2 Å². The highest BCUT2D eigenvalue weighted by Crippen LogP contribution is 2.40. The number of nitrogens with zero attached hydrogens (tertiary/aromatic N) is 3. The maximum absolute atomic E-state index is 9.91. The number of methoxy groups -OCH3 is 1. The molecule has 4 aromatic rings. The van der Waals surface area contributed by atoms with Crippen molar-refractivity contribution in [1.82, 2.24) is 4.90 Å². The van der Waals surface area contributed by atoms with E-state index in [0.29, 0.717) is 28.7 Å². The van der Waals surface area contributed by atoms with Crippen molar-refractivity contribution >= 4 is 50.1 Å². The van der Waals surface area contributed by atoms with E-state index in [-0.39, 0.29) is 0 Å². The molecular weight excluding hydrogens is 582 g/mol. The van der Waals surface area contributed by atoms with Crippen molar-refractivity contribution in [3.05, 3.63) is 109 Å². The number of thiophene rings is 1. The van der Waals surface area contributed by atoms with Crippen LogP contribution in [-0.2, 0) is 26.1 Å². The number of aliphatic imine (C=N–C) groups is 1. The predicted molar refractivity (Wildman–Crippen MR) is 157 cm³/mol. The molecular formula is C30H25BrClN3O2S. The van der Waals surface area contributed by atoms with Crippen molar-refractivity contribution in [2.75, 3.05) is 13.7 Å². The molecule has 0 radical (unpaired) electrons. The summed E-state index contributed by atoms with van der Waals surface area (Å²) in [5.74, 6) is 1.17. The summed E-state index contributed by atoms with van der Waals surface area (Å²) in [6, 6.07) is 24.3. The second-order valence-corrected chi connectivity index (χ2v) is 11.3. The summed E-state index contributed by atoms with van der Waals surface area (Å²) < 4.78 is 12.4. The maximum atomic E-state index is 9.91. The van der Waals surface area contributed by atoms with Crippen molar-refractivity contribution in [3.8, 4) is 17.6 Å². The summed E-state index contributed by atoms with van der Waals surface area (Å²) in [6.45, 7) is 2.97. The molecule has 0 fully saturated rings. The molecule has 1 aliphatic rings. The van der Waals surface area contributed by atoms with Crippen molar-refractivity contribution in [1.29, 1.82) is 5.26 Å². The summed E-state index contributed by atoms with van der Waals surface area (Å²) in [5, 5.41) is 11.3. The summed E-state index contributed by atoms with van der Waals surface area (Å²) in [4.78, 5) is 8.37. The van der Waals surface area contributed by atoms with Gasteiger partial charge in [-0.1, -0.05) is 60.1 Å². The number of hydrogen-bond acceptors (Lipinski definition) is 6. The zero-order valence-corrected chi connectivity index (χ0v) is 23.9. The molecule has 1 aliphatic heterocycles. The molecule has 38 heavy (non-hydrogen) atoms. The molecule has 5 rings (SSSR count). The maximum Gasteiger partial charge on any atom is 0.175 e. The fourth-order valence-electron chi connectivity index (χ4n) is 4.48. The summed E-state index contributed by atoms with van der Waals surface area (Å²) >= 11 is 11.5. The van der Waals surface area contributed by atoms with Crippen LogP contribution in [0.25, 0.3) is 0 Å². The van der Waals surface area contributed by atoms with E-state index in [4.69, 9.17) is 26.1 Å². The summed E-state index contributed by atoms with van der Waals surface area (Å²) in [7, 11) is 1.60. The fourth-order valence-corrected chi connectivity index (χ4v) is 6.43. The minimum absolute atomic E-state index is 0.315. The molecule has 0 amide bonds. The third-order valence-electron chi connectivity index (χ3n) is 6.39. The first-order valence-corrected chi connectivity index (χ1v) is 14.1. The van der Waals surface area contributed by atoms with Crippen LogP contribution in [0.4, 0.5) is 5.00 Å². The highest BCUT2D eigenvalue weighted by atomic mass is 79.9. The SMILES string of the molecule is COc1cc(C=Nc2sc3c(c2C#N)CCN(Cc2ccccc2)C3)cc(Br)c1OCc1ccccc1Cl. The number of hydrogen-bond donors (Lipinski definition) is 0. The van der Waals surface area contributed by atoms with Crippen LogP contribution in [0.15, 0.2) is 76.2 Å². The Morgan fingerprint density at radius 1 is 1.16 bits per heavy atom. The lowest BCUT2D eigenvalue weighted by Crippen LogP contribution is -2.29. The molecule has 0 unspecified atom stereocenters. The van der Waals surface area contributed by atoms with Gasteiger partial charge in [-0.2, -0.15) is 5.26 Å². The first-order chi connectivity index (χ1) is 18.6. The number of benzene rings is 3. The average molecular weight is 607 g/mol. The molecule has 0 aliphatic carbocycles. The van der Waals surface area contributed by atoms with E-state index in [0.717, 1.165) is 52.2 Å². The molecule has 0 bridgehead atoms. The minimum atomic E-state index is 0.315. The van der Waals surface area contributed by atoms with Crippen LogP contribution < -0.4 is 9.47 Å². The second-order valence-electron chi connectivity index (χ2n) is 8.91. The van der Waals surface area contributed by atoms with E-state index in [1.165, 1.54) is 10.4 Å². The van der Waals surface area contributed by atoms with Crippen LogP contribution in [-0.4, -0.2) is 24.8 Å². The van der Waals surface area contributed by atoms with Crippen molar-refractivity contribution in [3.63, 3.8) is 0 Å². The Morgan fingerprint density at radius 3 is 2.71 bits per heavy atom. The van der Waals surface area contributed by atoms with Crippen LogP contribution >= 0.6 is 38.9 Å². The molecule has 0 atom stereocenters. The van der Waals surface area contributed by atoms with E-state index < -0.39 is 0 Å². The van der Waals surface area contributed by atoms with Gasteiger partial charge in [0.2, 0.25) is 0 Å². The Bertz CT molecular complexity index is 1510. The third kappa shape index (κ3) is 5.95. The van der Waals surface area contributed by atoms with Gasteiger partial charge in [-0.15, -0.1) is 11.3 Å². The van der Waals surface area contributed by atoms with Crippen LogP contribution in [0.1, 0.15) is 32.7 Å². The smallest absolute Gasteiger partial charge is 0.175 e. The van der Waals surface area contributed by atoms with Gasteiger partial charge >= 0.3 is 0 Å². The molecule has 0 saturated heterocycles. The Hall–Kier alpha value is -3.15. The standard InChI is InChI=1S/C30H25BrClN3O2S/c1-36-27-14-21(13-25(31)29(27)37-19-22-9-5-6-10-26(22)32)16-34-30-24(15-33)23-11-12-35(18-28(23)38-30)17-20-7-3-2-4-8-20/h2-10,13-14,16H,11-12,17-19H2,1H3. The van der Waals surface area contributed by atoms with Crippen molar-refractivity contribution in [2.24, 2.45) is 4.99 Å². The molecule has 0 N–H and O–H groups in total. The molecule has 1 aromatic heterocycles. The molecule has 5 nitrogen and oxygen atoms in total. The molecule has 2 heterocycles. The Balaban J connectivity index is 1.33. The van der Waals surface area contributed by atoms with Gasteiger partial charge in [0.1, 0.15) is 17.7 Å². The fraction of sp³-hybridized carbons (Fsp3) is 0.200. The van der Waals surface area contributed by atoms with E-state index in [1.54, 1.807) is 24.7 Å². The molecule has 192 valence electrons. The number of rotatable bonds is 8. The summed E-state index contributed by atoms with van der Waals surface area (Å²) in [5.41, 5.74) is 4.84. The van der Waals surface area contributed by atoms with E-state index in [1.807, 2.05) is 42.5 Å². The highest BCUT2D eigenvalue weighted by molar-refractivity contribution is 9.10. The van der Waals surface area contributed by atoms with Gasteiger partial charge in [0.25, 0.3) is 0 Å². The molecule has 0 saturated carbocycles. The van der Waals surface area contributed by atoms with Gasteiger partial charge in [-0.3, -0.25) is 4.90 Å². The lowest BCUT2D eigenvalue weighted by atomic mass is 10.0. The lowest BCUT2D eigenvalue weighted by Gasteiger charge is -2.26. The predicted octanol–water partition coefficient (Wildman–Crippen LogP) is 7.93. The largest absolute Gasteiger partial charge is 0.493 e. The van der Waals surface area contributed by atoms with E-state index in [9.17, 15) is 5.26 Å². The highest BCUT2D eigenvalue weighted by Gasteiger charge is 2.24. The second kappa shape index (κ2) is 12.1. The zero-order chi connectivity index (χ0) is 26.5. The van der Waals surface area contributed by atoms with Crippen molar-refractivity contribution < 1.29 is 9.47 Å². The first kappa shape index (κ1) is 26.5. The number of ether oxygens (including phenoxy) is 2. The van der Waals surface area contributed by atoms with Gasteiger partial charge in [0.05, 0.1) is 17.1 Å². The average Bonchev–Trinajstić information content (AvgIpc) is 3.29. The minimum Gasteiger partial charge on any atom is -0.493 e. The normalized spacial score (nSPS) is 13.3. The first-order valence-electron chi connectivity index (χ1n) is 12.1. The van der Waals surface area contributed by atoms with E-state index >= 15 is 0 Å². The van der Waals surface area contributed by atoms with Gasteiger partial charge < -0.3 is 9.47 Å². The van der Waals surface area contributed by atoms with Crippen LogP contribution in [0.5, 0.6) is 11.5 Å².